The van der Waals surface area contributed by atoms with E-state index in [4.69, 9.17) is 9.97 Å². The minimum absolute atomic E-state index is 0.564. The lowest BCUT2D eigenvalue weighted by Gasteiger charge is -2.10. The number of thiophene rings is 1. The van der Waals surface area contributed by atoms with Gasteiger partial charge in [0.2, 0.25) is 0 Å². The zero-order valence-electron chi connectivity index (χ0n) is 14.7. The van der Waals surface area contributed by atoms with Gasteiger partial charge in [-0.25, -0.2) is 9.97 Å². The van der Waals surface area contributed by atoms with E-state index in [9.17, 15) is 0 Å². The molecule has 0 fully saturated rings. The normalized spacial score (nSPS) is 11.3. The molecular formula is C20H25N3S. The van der Waals surface area contributed by atoms with Crippen LogP contribution in [0.5, 0.6) is 0 Å². The van der Waals surface area contributed by atoms with Crippen molar-refractivity contribution in [1.82, 2.24) is 9.97 Å². The van der Waals surface area contributed by atoms with Crippen LogP contribution in [0.1, 0.15) is 36.5 Å². The predicted octanol–water partition coefficient (Wildman–Crippen LogP) is 5.24. The van der Waals surface area contributed by atoms with Gasteiger partial charge in [-0.3, -0.25) is 0 Å². The van der Waals surface area contributed by atoms with E-state index in [0.29, 0.717) is 5.92 Å². The highest BCUT2D eigenvalue weighted by atomic mass is 32.1. The summed E-state index contributed by atoms with van der Waals surface area (Å²) in [6, 6.07) is 12.8. The third-order valence-corrected chi connectivity index (χ3v) is 4.87. The van der Waals surface area contributed by atoms with Crippen LogP contribution in [0.3, 0.4) is 0 Å². The third kappa shape index (κ3) is 4.32. The van der Waals surface area contributed by atoms with Crippen molar-refractivity contribution in [3.05, 3.63) is 52.7 Å². The minimum Gasteiger partial charge on any atom is -0.369 e. The molecule has 2 heterocycles. The molecule has 0 spiro atoms. The fourth-order valence-corrected chi connectivity index (χ4v) is 3.72. The molecule has 0 aliphatic heterocycles. The topological polar surface area (TPSA) is 37.8 Å². The summed E-state index contributed by atoms with van der Waals surface area (Å²) in [4.78, 5) is 11.9. The van der Waals surface area contributed by atoms with Gasteiger partial charge in [0.05, 0.1) is 5.39 Å². The van der Waals surface area contributed by atoms with Crippen molar-refractivity contribution in [2.24, 2.45) is 5.92 Å². The van der Waals surface area contributed by atoms with Crippen molar-refractivity contribution < 1.29 is 0 Å². The summed E-state index contributed by atoms with van der Waals surface area (Å²) in [5.41, 5.74) is 1.39. The number of nitrogens with zero attached hydrogens (tertiary/aromatic N) is 2. The van der Waals surface area contributed by atoms with Crippen LogP contribution in [0.4, 0.5) is 5.82 Å². The molecule has 0 aliphatic carbocycles. The largest absolute Gasteiger partial charge is 0.369 e. The quantitative estimate of drug-likeness (QED) is 0.598. The fraction of sp³-hybridized carbons (Fsp3) is 0.400. The van der Waals surface area contributed by atoms with E-state index in [1.807, 2.05) is 0 Å². The van der Waals surface area contributed by atoms with Gasteiger partial charge in [0.1, 0.15) is 16.5 Å². The molecular weight excluding hydrogens is 314 g/mol. The van der Waals surface area contributed by atoms with Crippen LogP contribution in [0.25, 0.3) is 10.2 Å². The summed E-state index contributed by atoms with van der Waals surface area (Å²) >= 11 is 1.75. The molecule has 3 nitrogen and oxygen atoms in total. The average molecular weight is 340 g/mol. The second-order valence-corrected chi connectivity index (χ2v) is 7.91. The lowest BCUT2D eigenvalue weighted by atomic mass is 10.1. The number of fused-ring (bicyclic) bond motifs is 1. The Hall–Kier alpha value is -1.94. The molecule has 0 radical (unpaired) electrons. The molecule has 1 aromatic carbocycles. The maximum atomic E-state index is 4.78. The van der Waals surface area contributed by atoms with Crippen LogP contribution in [0.2, 0.25) is 0 Å². The Labute approximate surface area is 148 Å². The molecule has 0 aliphatic rings. The first-order valence-corrected chi connectivity index (χ1v) is 9.48. The van der Waals surface area contributed by atoms with Gasteiger partial charge in [-0.15, -0.1) is 11.3 Å². The predicted molar refractivity (Wildman–Crippen MR) is 104 cm³/mol. The van der Waals surface area contributed by atoms with E-state index in [0.717, 1.165) is 47.7 Å². The van der Waals surface area contributed by atoms with Crippen LogP contribution >= 0.6 is 11.3 Å². The summed E-state index contributed by atoms with van der Waals surface area (Å²) in [5.74, 6) is 2.51. The van der Waals surface area contributed by atoms with Crippen LogP contribution in [-0.2, 0) is 12.8 Å². The Morgan fingerprint density at radius 3 is 2.67 bits per heavy atom. The van der Waals surface area contributed by atoms with Gasteiger partial charge in [0, 0.05) is 17.8 Å². The first-order valence-electron chi connectivity index (χ1n) is 8.66. The molecule has 2 aromatic heterocycles. The second kappa shape index (κ2) is 7.75. The Balaban J connectivity index is 1.70. The van der Waals surface area contributed by atoms with Crippen LogP contribution < -0.4 is 5.32 Å². The summed E-state index contributed by atoms with van der Waals surface area (Å²) in [5, 5.41) is 4.70. The molecule has 4 heteroatoms. The highest BCUT2D eigenvalue weighted by molar-refractivity contribution is 7.18. The first-order chi connectivity index (χ1) is 11.6. The summed E-state index contributed by atoms with van der Waals surface area (Å²) < 4.78 is 0. The fourth-order valence-electron chi connectivity index (χ4n) is 2.82. The van der Waals surface area contributed by atoms with E-state index in [2.05, 4.69) is 62.5 Å². The number of aromatic nitrogens is 2. The Kier molecular flexibility index (Phi) is 5.46. The number of aryl methyl sites for hydroxylation is 2. The number of hydrogen-bond acceptors (Lipinski definition) is 4. The maximum absolute atomic E-state index is 4.78. The molecule has 1 N–H and O–H groups in total. The van der Waals surface area contributed by atoms with Gasteiger partial charge >= 0.3 is 0 Å². The molecule has 0 saturated heterocycles. The first kappa shape index (κ1) is 16.9. The van der Waals surface area contributed by atoms with E-state index >= 15 is 0 Å². The lowest BCUT2D eigenvalue weighted by molar-refractivity contribution is 0.623. The van der Waals surface area contributed by atoms with Crippen LogP contribution in [0, 0.1) is 12.8 Å². The van der Waals surface area contributed by atoms with E-state index in [1.165, 1.54) is 10.4 Å². The third-order valence-electron chi connectivity index (χ3n) is 3.93. The van der Waals surface area contributed by atoms with E-state index < -0.39 is 0 Å². The molecule has 0 amide bonds. The van der Waals surface area contributed by atoms with Gasteiger partial charge in [-0.2, -0.15) is 0 Å². The highest BCUT2D eigenvalue weighted by Crippen LogP contribution is 2.29. The van der Waals surface area contributed by atoms with Crippen molar-refractivity contribution in [2.45, 2.75) is 40.0 Å². The number of hydrogen-bond donors (Lipinski definition) is 1. The van der Waals surface area contributed by atoms with Gasteiger partial charge in [-0.1, -0.05) is 44.2 Å². The van der Waals surface area contributed by atoms with E-state index in [1.54, 1.807) is 11.3 Å². The number of rotatable bonds is 7. The summed E-state index contributed by atoms with van der Waals surface area (Å²) in [7, 11) is 0. The van der Waals surface area contributed by atoms with Gasteiger partial charge in [0.25, 0.3) is 0 Å². The van der Waals surface area contributed by atoms with Gasteiger partial charge < -0.3 is 5.32 Å². The molecule has 0 bridgehead atoms. The smallest absolute Gasteiger partial charge is 0.138 e. The lowest BCUT2D eigenvalue weighted by Crippen LogP contribution is -2.08. The standard InChI is InChI=1S/C20H25N3S/c1-14(2)12-18-22-19(17-13-15(3)24-20(17)23-18)21-11-7-10-16-8-5-4-6-9-16/h4-6,8-9,13-14H,7,10-12H2,1-3H3,(H,21,22,23). The summed E-state index contributed by atoms with van der Waals surface area (Å²) in [6.45, 7) is 7.48. The van der Waals surface area contributed by atoms with Crippen LogP contribution in [0.15, 0.2) is 36.4 Å². The Morgan fingerprint density at radius 2 is 1.92 bits per heavy atom. The van der Waals surface area contributed by atoms with Crippen molar-refractivity contribution in [1.29, 1.82) is 0 Å². The molecule has 3 aromatic rings. The highest BCUT2D eigenvalue weighted by Gasteiger charge is 2.11. The SMILES string of the molecule is Cc1cc2c(NCCCc3ccccc3)nc(CC(C)C)nc2s1. The van der Waals surface area contributed by atoms with Gasteiger partial charge in [0.15, 0.2) is 0 Å². The summed E-state index contributed by atoms with van der Waals surface area (Å²) in [6.07, 6.45) is 3.10. The second-order valence-electron chi connectivity index (χ2n) is 6.68. The zero-order chi connectivity index (χ0) is 16.9. The molecule has 0 atom stereocenters. The molecule has 126 valence electrons. The zero-order valence-corrected chi connectivity index (χ0v) is 15.5. The molecule has 3 rings (SSSR count). The molecule has 0 saturated carbocycles. The Bertz CT molecular complexity index is 793. The van der Waals surface area contributed by atoms with E-state index in [-0.39, 0.29) is 0 Å². The van der Waals surface area contributed by atoms with Crippen molar-refractivity contribution in [3.63, 3.8) is 0 Å². The number of benzene rings is 1. The monoisotopic (exact) mass is 339 g/mol. The Morgan fingerprint density at radius 1 is 1.12 bits per heavy atom. The maximum Gasteiger partial charge on any atom is 0.138 e. The van der Waals surface area contributed by atoms with Crippen LogP contribution in [-0.4, -0.2) is 16.5 Å². The molecule has 24 heavy (non-hydrogen) atoms. The minimum atomic E-state index is 0.564. The van der Waals surface area contributed by atoms with Gasteiger partial charge in [-0.05, 0) is 37.3 Å². The molecule has 0 unspecified atom stereocenters. The van der Waals surface area contributed by atoms with Crippen molar-refractivity contribution >= 4 is 27.4 Å². The van der Waals surface area contributed by atoms with Crippen molar-refractivity contribution in [3.8, 4) is 0 Å². The van der Waals surface area contributed by atoms with Crippen molar-refractivity contribution in [2.75, 3.05) is 11.9 Å². The average Bonchev–Trinajstić information content (AvgIpc) is 2.92. The number of anilines is 1. The number of nitrogens with one attached hydrogen (secondary N) is 1.